The molecular formula is C4H8MgO4. The molecule has 0 aliphatic heterocycles. The summed E-state index contributed by atoms with van der Waals surface area (Å²) in [5.74, 6) is -0.329. The van der Waals surface area contributed by atoms with E-state index < -0.39 is 0 Å². The monoisotopic (exact) mass is 144 g/mol. The van der Waals surface area contributed by atoms with Crippen LogP contribution in [-0.4, -0.2) is 40.0 Å². The number of hydrogen-bond donors (Lipinski definition) is 0. The Balaban J connectivity index is -0.0000000417. The molecule has 0 saturated carbocycles. The van der Waals surface area contributed by atoms with Crippen molar-refractivity contribution in [2.24, 2.45) is 0 Å². The largest absolute Gasteiger partial charge is 2.00 e. The average molecular weight is 144 g/mol. The molecule has 0 aromatic rings. The molecule has 0 aliphatic rings. The van der Waals surface area contributed by atoms with Crippen molar-refractivity contribution in [3.05, 3.63) is 12.8 Å². The first-order valence-corrected chi connectivity index (χ1v) is 1.55. The van der Waals surface area contributed by atoms with Crippen molar-refractivity contribution in [1.82, 2.24) is 0 Å². The summed E-state index contributed by atoms with van der Waals surface area (Å²) in [6.45, 7) is 4.48. The molecule has 5 heteroatoms. The van der Waals surface area contributed by atoms with Crippen LogP contribution in [-0.2, 0) is 9.53 Å². The molecule has 0 aromatic heterocycles. The second-order valence-corrected chi connectivity index (χ2v) is 0.776. The molecule has 0 atom stereocenters. The van der Waals surface area contributed by atoms with E-state index in [0.29, 0.717) is 0 Å². The Morgan fingerprint density at radius 3 is 1.89 bits per heavy atom. The smallest absolute Gasteiger partial charge is 0.870 e. The van der Waals surface area contributed by atoms with Gasteiger partial charge in [0.25, 0.3) is 0 Å². The minimum Gasteiger partial charge on any atom is -0.870 e. The summed E-state index contributed by atoms with van der Waals surface area (Å²) in [6.07, 6.45) is 1.10. The molecule has 0 aliphatic carbocycles. The summed E-state index contributed by atoms with van der Waals surface area (Å²) in [7, 11) is 0. The fourth-order valence-corrected chi connectivity index (χ4v) is 0.117. The zero-order chi connectivity index (χ0) is 4.99. The topological polar surface area (TPSA) is 86.3 Å². The Bertz CT molecular complexity index is 73.0. The van der Waals surface area contributed by atoms with Crippen molar-refractivity contribution >= 4 is 29.0 Å². The van der Waals surface area contributed by atoms with Gasteiger partial charge in [-0.3, -0.25) is 4.79 Å². The first kappa shape index (κ1) is 23.1. The molecule has 0 saturated heterocycles. The molecule has 0 bridgehead atoms. The minimum absolute atomic E-state index is 0. The van der Waals surface area contributed by atoms with Crippen molar-refractivity contribution in [1.29, 1.82) is 0 Å². The molecular weight excluding hydrogens is 136 g/mol. The maximum Gasteiger partial charge on any atom is 2.00 e. The van der Waals surface area contributed by atoms with Crippen molar-refractivity contribution in [2.45, 2.75) is 6.92 Å². The Morgan fingerprint density at radius 1 is 1.56 bits per heavy atom. The van der Waals surface area contributed by atoms with Crippen molar-refractivity contribution in [2.75, 3.05) is 0 Å². The van der Waals surface area contributed by atoms with Gasteiger partial charge in [0.2, 0.25) is 0 Å². The van der Waals surface area contributed by atoms with Crippen LogP contribution < -0.4 is 0 Å². The van der Waals surface area contributed by atoms with Crippen molar-refractivity contribution in [3.8, 4) is 0 Å². The molecule has 0 heterocycles. The van der Waals surface area contributed by atoms with Crippen LogP contribution in [0.5, 0.6) is 0 Å². The van der Waals surface area contributed by atoms with Crippen LogP contribution in [0.15, 0.2) is 12.8 Å². The van der Waals surface area contributed by atoms with Gasteiger partial charge >= 0.3 is 29.0 Å². The third-order valence-electron chi connectivity index (χ3n) is 0.249. The van der Waals surface area contributed by atoms with E-state index in [1.807, 2.05) is 0 Å². The molecule has 0 unspecified atom stereocenters. The van der Waals surface area contributed by atoms with E-state index in [4.69, 9.17) is 0 Å². The van der Waals surface area contributed by atoms with Crippen LogP contribution in [0, 0.1) is 0 Å². The predicted octanol–water partition coefficient (Wildman–Crippen LogP) is -0.0414. The summed E-state index contributed by atoms with van der Waals surface area (Å²) in [5, 5.41) is 0. The van der Waals surface area contributed by atoms with E-state index in [2.05, 4.69) is 11.3 Å². The molecule has 0 aromatic carbocycles. The van der Waals surface area contributed by atoms with Crippen molar-refractivity contribution in [3.63, 3.8) is 0 Å². The zero-order valence-electron chi connectivity index (χ0n) is 5.20. The van der Waals surface area contributed by atoms with Gasteiger partial charge < -0.3 is 15.7 Å². The fourth-order valence-electron chi connectivity index (χ4n) is 0.117. The van der Waals surface area contributed by atoms with Gasteiger partial charge in [0, 0.05) is 6.92 Å². The van der Waals surface area contributed by atoms with Crippen LogP contribution in [0.1, 0.15) is 6.92 Å². The Hall–Kier alpha value is -0.104. The quantitative estimate of drug-likeness (QED) is 0.293. The van der Waals surface area contributed by atoms with Crippen LogP contribution in [0.2, 0.25) is 0 Å². The van der Waals surface area contributed by atoms with Crippen LogP contribution in [0.25, 0.3) is 0 Å². The fraction of sp³-hybridized carbons (Fsp3) is 0.250. The number of rotatable bonds is 1. The first-order chi connectivity index (χ1) is 2.77. The zero-order valence-corrected chi connectivity index (χ0v) is 6.62. The van der Waals surface area contributed by atoms with Gasteiger partial charge in [-0.05, 0) is 0 Å². The molecule has 0 amide bonds. The van der Waals surface area contributed by atoms with E-state index in [1.165, 1.54) is 6.92 Å². The maximum atomic E-state index is 9.75. The average Bonchev–Trinajstić information content (AvgIpc) is 1.35. The molecule has 50 valence electrons. The third-order valence-corrected chi connectivity index (χ3v) is 0.249. The number of ether oxygens (including phenoxy) is 1. The van der Waals surface area contributed by atoms with Gasteiger partial charge in [0.15, 0.2) is 0 Å². The number of esters is 1. The molecule has 0 rings (SSSR count). The van der Waals surface area contributed by atoms with Gasteiger partial charge in [-0.25, -0.2) is 0 Å². The molecule has 0 fully saturated rings. The Kier molecular flexibility index (Phi) is 40.3. The van der Waals surface area contributed by atoms with Gasteiger partial charge in [-0.15, -0.1) is 0 Å². The first-order valence-electron chi connectivity index (χ1n) is 1.55. The summed E-state index contributed by atoms with van der Waals surface area (Å²) >= 11 is 0. The second kappa shape index (κ2) is 15.7. The van der Waals surface area contributed by atoms with Crippen molar-refractivity contribution < 1.29 is 20.5 Å². The molecule has 9 heavy (non-hydrogen) atoms. The second-order valence-electron chi connectivity index (χ2n) is 0.776. The molecule has 2 N–H and O–H groups in total. The molecule has 0 radical (unpaired) electrons. The number of carbonyl (C=O) groups is 1. The van der Waals surface area contributed by atoms with E-state index in [-0.39, 0.29) is 40.0 Å². The van der Waals surface area contributed by atoms with Crippen LogP contribution in [0.4, 0.5) is 0 Å². The van der Waals surface area contributed by atoms with Crippen LogP contribution in [0.3, 0.4) is 0 Å². The van der Waals surface area contributed by atoms with Gasteiger partial charge in [-0.2, -0.15) is 0 Å². The van der Waals surface area contributed by atoms with E-state index >= 15 is 0 Å². The van der Waals surface area contributed by atoms with Crippen LogP contribution >= 0.6 is 0 Å². The minimum atomic E-state index is -0.329. The maximum absolute atomic E-state index is 9.75. The third kappa shape index (κ3) is 32.7. The Morgan fingerprint density at radius 2 is 1.89 bits per heavy atom. The molecule has 0 spiro atoms. The Labute approximate surface area is 69.7 Å². The summed E-state index contributed by atoms with van der Waals surface area (Å²) < 4.78 is 4.17. The van der Waals surface area contributed by atoms with Gasteiger partial charge in [0.1, 0.15) is 0 Å². The van der Waals surface area contributed by atoms with Gasteiger partial charge in [0.05, 0.1) is 6.26 Å². The van der Waals surface area contributed by atoms with E-state index in [1.54, 1.807) is 0 Å². The molecule has 4 nitrogen and oxygen atoms in total. The summed E-state index contributed by atoms with van der Waals surface area (Å²) in [5.41, 5.74) is 0. The number of carbonyl (C=O) groups excluding carboxylic acids is 1. The number of hydrogen-bond acceptors (Lipinski definition) is 4. The summed E-state index contributed by atoms with van der Waals surface area (Å²) in [4.78, 5) is 9.75. The normalized spacial score (nSPS) is 4.56. The standard InChI is InChI=1S/C4H6O2.Mg.2H2O/c1-3-6-4(2)5;;;/h3H,1H2,2H3;;2*1H2/q;+2;;/p-2. The summed E-state index contributed by atoms with van der Waals surface area (Å²) in [6, 6.07) is 0. The predicted molar refractivity (Wildman–Crippen MR) is 31.6 cm³/mol. The van der Waals surface area contributed by atoms with E-state index in [0.717, 1.165) is 6.26 Å². The SMILES string of the molecule is C=COC(C)=O.[Mg+2].[OH-].[OH-]. The van der Waals surface area contributed by atoms with E-state index in [9.17, 15) is 4.79 Å². The van der Waals surface area contributed by atoms with Gasteiger partial charge in [-0.1, -0.05) is 6.58 Å².